The first-order valence-corrected chi connectivity index (χ1v) is 6.47. The van der Waals surface area contributed by atoms with Crippen molar-refractivity contribution in [1.82, 2.24) is 4.90 Å². The predicted molar refractivity (Wildman–Crippen MR) is 71.7 cm³/mol. The topological polar surface area (TPSA) is 40.5 Å². The van der Waals surface area contributed by atoms with Gasteiger partial charge in [-0.05, 0) is 24.1 Å². The van der Waals surface area contributed by atoms with Gasteiger partial charge in [0.05, 0.1) is 0 Å². The summed E-state index contributed by atoms with van der Waals surface area (Å²) >= 11 is 0. The smallest absolute Gasteiger partial charge is 0.324 e. The fourth-order valence-electron chi connectivity index (χ4n) is 2.90. The van der Waals surface area contributed by atoms with E-state index >= 15 is 0 Å². The number of likely N-dealkylation sites (N-methyl/N-ethyl adjacent to an activating group) is 1. The third-order valence-corrected chi connectivity index (χ3v) is 3.85. The predicted octanol–water partition coefficient (Wildman–Crippen LogP) is 2.20. The van der Waals surface area contributed by atoms with Crippen molar-refractivity contribution < 1.29 is 9.90 Å². The highest BCUT2D eigenvalue weighted by molar-refractivity contribution is 5.81. The number of aliphatic carboxylic acids is 1. The average Bonchev–Trinajstić information content (AvgIpc) is 2.68. The lowest BCUT2D eigenvalue weighted by Gasteiger charge is -2.36. The van der Waals surface area contributed by atoms with Crippen molar-refractivity contribution in [3.8, 4) is 0 Å². The van der Waals surface area contributed by atoms with Crippen molar-refractivity contribution in [3.63, 3.8) is 0 Å². The van der Waals surface area contributed by atoms with E-state index in [2.05, 4.69) is 13.8 Å². The summed E-state index contributed by atoms with van der Waals surface area (Å²) in [6, 6.07) is 8.06. The molecule has 0 fully saturated rings. The van der Waals surface area contributed by atoms with E-state index in [-0.39, 0.29) is 0 Å². The number of carbonyl (C=O) groups is 1. The van der Waals surface area contributed by atoms with Gasteiger partial charge in [0, 0.05) is 19.4 Å². The van der Waals surface area contributed by atoms with Crippen LogP contribution >= 0.6 is 0 Å². The Labute approximate surface area is 108 Å². The molecule has 1 aromatic carbocycles. The van der Waals surface area contributed by atoms with Crippen molar-refractivity contribution >= 4 is 5.97 Å². The largest absolute Gasteiger partial charge is 0.480 e. The number of hydrogen-bond acceptors (Lipinski definition) is 2. The van der Waals surface area contributed by atoms with Gasteiger partial charge in [-0.15, -0.1) is 0 Å². The Morgan fingerprint density at radius 2 is 1.83 bits per heavy atom. The highest BCUT2D eigenvalue weighted by Crippen LogP contribution is 2.34. The second-order valence-electron chi connectivity index (χ2n) is 5.73. The minimum Gasteiger partial charge on any atom is -0.480 e. The maximum Gasteiger partial charge on any atom is 0.324 e. The molecule has 1 aliphatic carbocycles. The molecular formula is C15H21NO2. The van der Waals surface area contributed by atoms with Gasteiger partial charge < -0.3 is 5.11 Å². The zero-order chi connectivity index (χ0) is 13.3. The molecule has 0 aliphatic heterocycles. The summed E-state index contributed by atoms with van der Waals surface area (Å²) < 4.78 is 0. The minimum atomic E-state index is -0.756. The third kappa shape index (κ3) is 2.15. The van der Waals surface area contributed by atoms with Gasteiger partial charge >= 0.3 is 5.97 Å². The summed E-state index contributed by atoms with van der Waals surface area (Å²) in [6.07, 6.45) is 1.23. The van der Waals surface area contributed by atoms with Gasteiger partial charge in [0.2, 0.25) is 0 Å². The normalized spacial score (nSPS) is 17.2. The van der Waals surface area contributed by atoms with E-state index in [4.69, 9.17) is 0 Å². The zero-order valence-corrected chi connectivity index (χ0v) is 11.3. The minimum absolute atomic E-state index is 0.468. The third-order valence-electron chi connectivity index (χ3n) is 3.85. The molecule has 0 saturated carbocycles. The molecule has 0 spiro atoms. The van der Waals surface area contributed by atoms with Crippen LogP contribution in [0.5, 0.6) is 0 Å². The summed E-state index contributed by atoms with van der Waals surface area (Å²) in [5.41, 5.74) is 1.60. The lowest BCUT2D eigenvalue weighted by atomic mass is 9.93. The molecule has 0 bridgehead atoms. The first kappa shape index (κ1) is 13.1. The number of hydrogen-bond donors (Lipinski definition) is 1. The molecule has 98 valence electrons. The van der Waals surface area contributed by atoms with Gasteiger partial charge in [0.1, 0.15) is 5.54 Å². The molecule has 3 nitrogen and oxygen atoms in total. The van der Waals surface area contributed by atoms with Crippen molar-refractivity contribution in [2.45, 2.75) is 32.2 Å². The number of rotatable bonds is 4. The first-order valence-electron chi connectivity index (χ1n) is 6.47. The molecule has 0 heterocycles. The summed E-state index contributed by atoms with van der Waals surface area (Å²) in [6.45, 7) is 5.04. The summed E-state index contributed by atoms with van der Waals surface area (Å²) in [4.78, 5) is 13.8. The number of benzene rings is 1. The zero-order valence-electron chi connectivity index (χ0n) is 11.3. The van der Waals surface area contributed by atoms with E-state index in [9.17, 15) is 9.90 Å². The van der Waals surface area contributed by atoms with Crippen LogP contribution in [0.3, 0.4) is 0 Å². The quantitative estimate of drug-likeness (QED) is 0.886. The van der Waals surface area contributed by atoms with Crippen molar-refractivity contribution in [1.29, 1.82) is 0 Å². The van der Waals surface area contributed by atoms with Crippen LogP contribution in [-0.2, 0) is 17.6 Å². The Morgan fingerprint density at radius 3 is 2.22 bits per heavy atom. The molecule has 18 heavy (non-hydrogen) atoms. The van der Waals surface area contributed by atoms with Crippen molar-refractivity contribution in [3.05, 3.63) is 35.4 Å². The van der Waals surface area contributed by atoms with Gasteiger partial charge in [0.15, 0.2) is 0 Å². The van der Waals surface area contributed by atoms with Crippen molar-refractivity contribution in [2.75, 3.05) is 13.6 Å². The molecule has 3 heteroatoms. The Bertz CT molecular complexity index is 429. The van der Waals surface area contributed by atoms with Gasteiger partial charge in [-0.3, -0.25) is 9.69 Å². The molecule has 0 atom stereocenters. The molecule has 1 N–H and O–H groups in total. The number of carboxylic acid groups (broad SMARTS) is 1. The van der Waals surface area contributed by atoms with Crippen LogP contribution in [0.25, 0.3) is 0 Å². The highest BCUT2D eigenvalue weighted by atomic mass is 16.4. The lowest BCUT2D eigenvalue weighted by molar-refractivity contribution is -0.150. The fraction of sp³-hybridized carbons (Fsp3) is 0.533. The van der Waals surface area contributed by atoms with E-state index in [1.807, 2.05) is 36.2 Å². The lowest BCUT2D eigenvalue weighted by Crippen LogP contribution is -2.54. The van der Waals surface area contributed by atoms with Crippen molar-refractivity contribution in [2.24, 2.45) is 5.92 Å². The standard InChI is InChI=1S/C15H21NO2/c1-11(2)10-16(3)15(14(17)18)8-12-6-4-5-7-13(12)9-15/h4-7,11H,8-10H2,1-3H3,(H,17,18). The average molecular weight is 247 g/mol. The molecule has 0 amide bonds. The second-order valence-corrected chi connectivity index (χ2v) is 5.73. The number of nitrogens with zero attached hydrogens (tertiary/aromatic N) is 1. The van der Waals surface area contributed by atoms with E-state index in [0.29, 0.717) is 18.8 Å². The van der Waals surface area contributed by atoms with E-state index in [1.165, 1.54) is 11.1 Å². The molecule has 0 radical (unpaired) electrons. The fourth-order valence-corrected chi connectivity index (χ4v) is 2.90. The molecular weight excluding hydrogens is 226 g/mol. The summed E-state index contributed by atoms with van der Waals surface area (Å²) in [5, 5.41) is 9.68. The van der Waals surface area contributed by atoms with Crippen LogP contribution in [0, 0.1) is 5.92 Å². The summed E-state index contributed by atoms with van der Waals surface area (Å²) in [7, 11) is 1.93. The maximum atomic E-state index is 11.8. The Kier molecular flexibility index (Phi) is 3.44. The maximum absolute atomic E-state index is 11.8. The Balaban J connectivity index is 2.30. The first-order chi connectivity index (χ1) is 8.45. The van der Waals surface area contributed by atoms with Crippen LogP contribution in [0.1, 0.15) is 25.0 Å². The van der Waals surface area contributed by atoms with E-state index in [1.54, 1.807) is 0 Å². The van der Waals surface area contributed by atoms with Crippen LogP contribution in [0.2, 0.25) is 0 Å². The SMILES string of the molecule is CC(C)CN(C)C1(C(=O)O)Cc2ccccc2C1. The summed E-state index contributed by atoms with van der Waals surface area (Å²) in [5.74, 6) is -0.239. The molecule has 1 aliphatic rings. The Morgan fingerprint density at radius 1 is 1.33 bits per heavy atom. The molecule has 2 rings (SSSR count). The highest BCUT2D eigenvalue weighted by Gasteiger charge is 2.47. The van der Waals surface area contributed by atoms with Gasteiger partial charge in [-0.25, -0.2) is 0 Å². The second kappa shape index (κ2) is 4.73. The molecule has 1 aromatic rings. The van der Waals surface area contributed by atoms with E-state index in [0.717, 1.165) is 6.54 Å². The van der Waals surface area contributed by atoms with Crippen LogP contribution in [-0.4, -0.2) is 35.1 Å². The molecule has 0 saturated heterocycles. The molecule has 0 unspecified atom stereocenters. The number of fused-ring (bicyclic) bond motifs is 1. The van der Waals surface area contributed by atoms with Gasteiger partial charge in [-0.1, -0.05) is 38.1 Å². The van der Waals surface area contributed by atoms with Gasteiger partial charge in [-0.2, -0.15) is 0 Å². The van der Waals surface area contributed by atoms with E-state index < -0.39 is 11.5 Å². The number of carboxylic acids is 1. The van der Waals surface area contributed by atoms with Crippen LogP contribution in [0.15, 0.2) is 24.3 Å². The van der Waals surface area contributed by atoms with Gasteiger partial charge in [0.25, 0.3) is 0 Å². The monoisotopic (exact) mass is 247 g/mol. The van der Waals surface area contributed by atoms with Crippen LogP contribution < -0.4 is 0 Å². The molecule has 0 aromatic heterocycles. The van der Waals surface area contributed by atoms with Crippen LogP contribution in [0.4, 0.5) is 0 Å². The Hall–Kier alpha value is -1.35.